The minimum absolute atomic E-state index is 0. The smallest absolute Gasteiger partial charge is 0.822 e. The van der Waals surface area contributed by atoms with Gasteiger partial charge in [-0.1, -0.05) is 0 Å². The minimum atomic E-state index is -5.39. The van der Waals surface area contributed by atoms with Gasteiger partial charge in [-0.2, -0.15) is 7.82 Å². The molecule has 0 spiro atoms. The molecule has 0 aliphatic heterocycles. The van der Waals surface area contributed by atoms with Crippen LogP contribution < -0.4 is 169 Å². The van der Waals surface area contributed by atoms with Crippen molar-refractivity contribution in [2.45, 2.75) is 0 Å². The first kappa shape index (κ1) is 30.5. The molecule has 0 heterocycles. The van der Waals surface area contributed by atoms with Crippen molar-refractivity contribution in [2.24, 2.45) is 0 Å². The van der Waals surface area contributed by atoms with Gasteiger partial charge in [-0.3, -0.25) is 4.79 Å². The molecule has 0 aromatic rings. The molecular formula is C3H7K3NO5P. The van der Waals surface area contributed by atoms with E-state index in [4.69, 9.17) is 19.2 Å². The standard InChI is InChI=1S/C3H7NO.3K.H3O4P/c1-4(2)3-5;;;;1-5(2,3)4/h3H,1-2H3;;;;(H3,1,2,3,4)/q;3*+1;/p-3. The molecule has 0 atom stereocenters. The first-order valence-electron chi connectivity index (χ1n) is 2.12. The van der Waals surface area contributed by atoms with Crippen molar-refractivity contribution >= 4 is 14.2 Å². The van der Waals surface area contributed by atoms with E-state index in [1.54, 1.807) is 14.1 Å². The monoisotopic (exact) mass is 285 g/mol. The van der Waals surface area contributed by atoms with Gasteiger partial charge in [-0.05, 0) is 0 Å². The van der Waals surface area contributed by atoms with E-state index in [1.165, 1.54) is 4.90 Å². The minimum Gasteiger partial charge on any atom is -0.822 e. The summed E-state index contributed by atoms with van der Waals surface area (Å²) in [5, 5.41) is 0. The van der Waals surface area contributed by atoms with E-state index < -0.39 is 7.82 Å². The molecule has 0 rings (SSSR count). The largest absolute Gasteiger partial charge is 1.00 e. The topological polar surface area (TPSA) is 107 Å². The zero-order valence-corrected chi connectivity index (χ0v) is 18.8. The molecule has 0 aromatic heterocycles. The maximum Gasteiger partial charge on any atom is 1.00 e. The van der Waals surface area contributed by atoms with Crippen molar-refractivity contribution in [1.29, 1.82) is 0 Å². The zero-order chi connectivity index (χ0) is 8.78. The van der Waals surface area contributed by atoms with Gasteiger partial charge in [-0.25, -0.2) is 0 Å². The van der Waals surface area contributed by atoms with Crippen LogP contribution in [0.3, 0.4) is 0 Å². The van der Waals surface area contributed by atoms with Gasteiger partial charge in [0, 0.05) is 14.1 Å². The summed E-state index contributed by atoms with van der Waals surface area (Å²) in [5.41, 5.74) is 0. The summed E-state index contributed by atoms with van der Waals surface area (Å²) in [6.07, 6.45) is 0.750. The summed E-state index contributed by atoms with van der Waals surface area (Å²) < 4.78 is 8.55. The Hall–Kier alpha value is 4.49. The summed E-state index contributed by atoms with van der Waals surface area (Å²) in [4.78, 5) is 36.5. The first-order valence-corrected chi connectivity index (χ1v) is 3.58. The summed E-state index contributed by atoms with van der Waals surface area (Å²) in [5.74, 6) is 0. The molecule has 0 bridgehead atoms. The van der Waals surface area contributed by atoms with E-state index in [2.05, 4.69) is 0 Å². The van der Waals surface area contributed by atoms with Crippen LogP contribution in [0.25, 0.3) is 0 Å². The van der Waals surface area contributed by atoms with E-state index in [-0.39, 0.29) is 154 Å². The third-order valence-corrected chi connectivity index (χ3v) is 0.211. The van der Waals surface area contributed by atoms with E-state index in [0.29, 0.717) is 0 Å². The second-order valence-electron chi connectivity index (χ2n) is 1.52. The Balaban J connectivity index is -0.0000000267. The van der Waals surface area contributed by atoms with Crippen LogP contribution in [0.1, 0.15) is 0 Å². The number of rotatable bonds is 1. The summed E-state index contributed by atoms with van der Waals surface area (Å²) in [6, 6.07) is 0. The van der Waals surface area contributed by atoms with Gasteiger partial charge in [0.2, 0.25) is 6.41 Å². The van der Waals surface area contributed by atoms with Gasteiger partial charge in [-0.15, -0.1) is 0 Å². The molecule has 0 aromatic carbocycles. The average Bonchev–Trinajstić information content (AvgIpc) is 1.61. The van der Waals surface area contributed by atoms with Gasteiger partial charge in [0.15, 0.2) is 0 Å². The van der Waals surface area contributed by atoms with E-state index in [0.717, 1.165) is 6.41 Å². The van der Waals surface area contributed by atoms with Crippen molar-refractivity contribution in [3.05, 3.63) is 0 Å². The second kappa shape index (κ2) is 18.8. The average molecular weight is 285 g/mol. The van der Waals surface area contributed by atoms with Crippen LogP contribution in [0.2, 0.25) is 0 Å². The summed E-state index contributed by atoms with van der Waals surface area (Å²) >= 11 is 0. The van der Waals surface area contributed by atoms with Crippen LogP contribution in [0.15, 0.2) is 0 Å². The van der Waals surface area contributed by atoms with Gasteiger partial charge in [0.25, 0.3) is 0 Å². The normalized spacial score (nSPS) is 7.15. The van der Waals surface area contributed by atoms with Gasteiger partial charge >= 0.3 is 154 Å². The molecule has 0 unspecified atom stereocenters. The fraction of sp³-hybridized carbons (Fsp3) is 0.667. The first-order chi connectivity index (χ1) is 4.27. The number of phosphoric acid groups is 1. The van der Waals surface area contributed by atoms with Crippen LogP contribution in [0, 0.1) is 0 Å². The van der Waals surface area contributed by atoms with Gasteiger partial charge in [0.1, 0.15) is 0 Å². The van der Waals surface area contributed by atoms with Crippen molar-refractivity contribution in [2.75, 3.05) is 14.1 Å². The quantitative estimate of drug-likeness (QED) is 0.270. The Morgan fingerprint density at radius 1 is 1.08 bits per heavy atom. The van der Waals surface area contributed by atoms with Crippen LogP contribution in [0.5, 0.6) is 0 Å². The van der Waals surface area contributed by atoms with Gasteiger partial charge in [0.05, 0.1) is 0 Å². The molecule has 0 fully saturated rings. The molecular weight excluding hydrogens is 278 g/mol. The molecule has 13 heavy (non-hydrogen) atoms. The maximum absolute atomic E-state index is 9.43. The fourth-order valence-electron chi connectivity index (χ4n) is 0. The molecule has 10 heteroatoms. The molecule has 0 N–H and O–H groups in total. The van der Waals surface area contributed by atoms with Crippen molar-refractivity contribution in [3.63, 3.8) is 0 Å². The fourth-order valence-corrected chi connectivity index (χ4v) is 0. The Labute approximate surface area is 205 Å². The summed E-state index contributed by atoms with van der Waals surface area (Å²) in [7, 11) is -2.01. The molecule has 62 valence electrons. The van der Waals surface area contributed by atoms with Gasteiger partial charge < -0.3 is 24.1 Å². The van der Waals surface area contributed by atoms with E-state index in [1.807, 2.05) is 0 Å². The predicted molar refractivity (Wildman–Crippen MR) is 27.4 cm³/mol. The van der Waals surface area contributed by atoms with Crippen molar-refractivity contribution in [3.8, 4) is 0 Å². The number of amides is 1. The van der Waals surface area contributed by atoms with E-state index in [9.17, 15) is 4.79 Å². The van der Waals surface area contributed by atoms with E-state index >= 15 is 0 Å². The van der Waals surface area contributed by atoms with Crippen LogP contribution in [-0.2, 0) is 9.36 Å². The predicted octanol–water partition coefficient (Wildman–Crippen LogP) is -12.1. The third-order valence-electron chi connectivity index (χ3n) is 0.211. The number of hydrogen-bond acceptors (Lipinski definition) is 5. The number of carbonyl (C=O) groups excluding carboxylic acids is 1. The number of carbonyl (C=O) groups is 1. The third kappa shape index (κ3) is 82.2. The molecule has 1 amide bonds. The summed E-state index contributed by atoms with van der Waals surface area (Å²) in [6.45, 7) is 0. The zero-order valence-electron chi connectivity index (χ0n) is 8.51. The van der Waals surface area contributed by atoms with Crippen molar-refractivity contribution < 1.29 is 178 Å². The van der Waals surface area contributed by atoms with Crippen LogP contribution in [-0.4, -0.2) is 25.4 Å². The maximum atomic E-state index is 9.43. The number of hydrogen-bond donors (Lipinski definition) is 0. The van der Waals surface area contributed by atoms with Crippen LogP contribution in [0.4, 0.5) is 0 Å². The van der Waals surface area contributed by atoms with Crippen LogP contribution >= 0.6 is 7.82 Å². The Morgan fingerprint density at radius 2 is 1.15 bits per heavy atom. The number of nitrogens with zero attached hydrogens (tertiary/aromatic N) is 1. The Bertz CT molecular complexity index is 131. The molecule has 0 aliphatic carbocycles. The second-order valence-corrected chi connectivity index (χ2v) is 2.41. The molecule has 0 saturated carbocycles. The van der Waals surface area contributed by atoms with Crippen molar-refractivity contribution in [1.82, 2.24) is 4.90 Å². The molecule has 0 aliphatic rings. The Kier molecular flexibility index (Phi) is 44.2. The SMILES string of the molecule is CN(C)C=O.O=P([O-])([O-])[O-].[K+].[K+].[K+]. The molecule has 6 nitrogen and oxygen atoms in total. The molecule has 0 saturated heterocycles. The Morgan fingerprint density at radius 3 is 1.15 bits per heavy atom. The molecule has 0 radical (unpaired) electrons.